The van der Waals surface area contributed by atoms with E-state index >= 15 is 0 Å². The topological polar surface area (TPSA) is 54.9 Å². The summed E-state index contributed by atoms with van der Waals surface area (Å²) < 4.78 is 0.827. The molecule has 0 unspecified atom stereocenters. The van der Waals surface area contributed by atoms with Crippen molar-refractivity contribution in [2.24, 2.45) is 0 Å². The van der Waals surface area contributed by atoms with Crippen LogP contribution in [0.5, 0.6) is 0 Å². The molecule has 0 bridgehead atoms. The van der Waals surface area contributed by atoms with E-state index in [1.54, 1.807) is 0 Å². The first-order valence-corrected chi connectivity index (χ1v) is 8.38. The van der Waals surface area contributed by atoms with Gasteiger partial charge >= 0.3 is 0 Å². The summed E-state index contributed by atoms with van der Waals surface area (Å²) in [5, 5.41) is 12.2. The number of hydrogen-bond donors (Lipinski definition) is 1. The number of nitrogens with zero attached hydrogens (tertiary/aromatic N) is 2. The molecule has 0 aliphatic heterocycles. The van der Waals surface area contributed by atoms with Gasteiger partial charge in [0.25, 0.3) is 0 Å². The van der Waals surface area contributed by atoms with Crippen molar-refractivity contribution in [3.63, 3.8) is 0 Å². The summed E-state index contributed by atoms with van der Waals surface area (Å²) in [5.74, 6) is 0.513. The van der Waals surface area contributed by atoms with E-state index < -0.39 is 0 Å². The molecule has 2 rings (SSSR count). The summed E-state index contributed by atoms with van der Waals surface area (Å²) in [4.78, 5) is 12.0. The van der Waals surface area contributed by atoms with Crippen LogP contribution in [-0.2, 0) is 0 Å². The molecule has 0 radical (unpaired) electrons. The van der Waals surface area contributed by atoms with Crippen molar-refractivity contribution in [2.75, 3.05) is 17.6 Å². The number of Topliss-reactive ketones (excluding diaryl/α,β-unsaturated/α-hetero) is 1. The maximum atomic E-state index is 12.0. The van der Waals surface area contributed by atoms with Gasteiger partial charge in [0.1, 0.15) is 0 Å². The lowest BCUT2D eigenvalue weighted by molar-refractivity contribution is 0.102. The number of rotatable bonds is 8. The molecule has 0 atom stereocenters. The molecular formula is C14H17N3OS2. The van der Waals surface area contributed by atoms with E-state index in [4.69, 9.17) is 0 Å². The van der Waals surface area contributed by atoms with Gasteiger partial charge < -0.3 is 5.32 Å². The minimum Gasteiger partial charge on any atom is -0.360 e. The average Bonchev–Trinajstić information content (AvgIpc) is 2.94. The number of benzene rings is 1. The first-order chi connectivity index (χ1) is 9.79. The van der Waals surface area contributed by atoms with Crippen molar-refractivity contribution in [1.82, 2.24) is 10.2 Å². The average molecular weight is 307 g/mol. The monoisotopic (exact) mass is 307 g/mol. The van der Waals surface area contributed by atoms with Crippen molar-refractivity contribution in [3.05, 3.63) is 35.9 Å². The van der Waals surface area contributed by atoms with Crippen molar-refractivity contribution in [1.29, 1.82) is 0 Å². The summed E-state index contributed by atoms with van der Waals surface area (Å²) >= 11 is 2.94. The number of aromatic nitrogens is 2. The van der Waals surface area contributed by atoms with Crippen LogP contribution in [0, 0.1) is 0 Å². The lowest BCUT2D eigenvalue weighted by atomic mass is 10.2. The second-order valence-electron chi connectivity index (χ2n) is 4.23. The van der Waals surface area contributed by atoms with Crippen LogP contribution in [0.3, 0.4) is 0 Å². The highest BCUT2D eigenvalue weighted by Gasteiger charge is 2.09. The fourth-order valence-corrected chi connectivity index (χ4v) is 3.22. The Labute approximate surface area is 127 Å². The van der Waals surface area contributed by atoms with E-state index in [-0.39, 0.29) is 5.78 Å². The number of ketones is 1. The van der Waals surface area contributed by atoms with Gasteiger partial charge in [-0.1, -0.05) is 66.8 Å². The Bertz CT molecular complexity index is 542. The SMILES string of the molecule is CCCCNc1nnc(SCC(=O)c2ccccc2)s1. The molecule has 4 nitrogen and oxygen atoms in total. The predicted molar refractivity (Wildman–Crippen MR) is 84.8 cm³/mol. The molecule has 1 N–H and O–H groups in total. The number of carbonyl (C=O) groups is 1. The number of hydrogen-bond acceptors (Lipinski definition) is 6. The fraction of sp³-hybridized carbons (Fsp3) is 0.357. The number of carbonyl (C=O) groups excluding carboxylic acids is 1. The Morgan fingerprint density at radius 3 is 2.85 bits per heavy atom. The third-order valence-electron chi connectivity index (χ3n) is 2.64. The molecule has 0 spiro atoms. The van der Waals surface area contributed by atoms with Crippen molar-refractivity contribution in [2.45, 2.75) is 24.1 Å². The zero-order chi connectivity index (χ0) is 14.2. The number of nitrogens with one attached hydrogen (secondary N) is 1. The van der Waals surface area contributed by atoms with Gasteiger partial charge in [-0.25, -0.2) is 0 Å². The second kappa shape index (κ2) is 8.01. The normalized spacial score (nSPS) is 10.4. The standard InChI is InChI=1S/C14H17N3OS2/c1-2-3-9-15-13-16-17-14(20-13)19-10-12(18)11-7-5-4-6-8-11/h4-8H,2-3,9-10H2,1H3,(H,15,16). The highest BCUT2D eigenvalue weighted by atomic mass is 32.2. The molecule has 0 fully saturated rings. The van der Waals surface area contributed by atoms with Crippen LogP contribution >= 0.6 is 23.1 Å². The van der Waals surface area contributed by atoms with E-state index in [0.29, 0.717) is 5.75 Å². The Morgan fingerprint density at radius 1 is 1.30 bits per heavy atom. The van der Waals surface area contributed by atoms with E-state index in [1.807, 2.05) is 30.3 Å². The van der Waals surface area contributed by atoms with Crippen LogP contribution in [-0.4, -0.2) is 28.3 Å². The van der Waals surface area contributed by atoms with Gasteiger partial charge in [0.15, 0.2) is 10.1 Å². The number of thioether (sulfide) groups is 1. The smallest absolute Gasteiger partial charge is 0.206 e. The maximum Gasteiger partial charge on any atom is 0.206 e. The summed E-state index contributed by atoms with van der Waals surface area (Å²) in [6.07, 6.45) is 2.27. The molecule has 1 aromatic carbocycles. The van der Waals surface area contributed by atoms with Gasteiger partial charge in [0, 0.05) is 12.1 Å². The van der Waals surface area contributed by atoms with E-state index in [1.165, 1.54) is 23.1 Å². The molecule has 0 saturated heterocycles. The predicted octanol–water partition coefficient (Wildman–Crippen LogP) is 3.73. The molecule has 106 valence electrons. The fourth-order valence-electron chi connectivity index (χ4n) is 1.55. The van der Waals surface area contributed by atoms with Crippen LogP contribution in [0.15, 0.2) is 34.7 Å². The third-order valence-corrected chi connectivity index (χ3v) is 4.65. The van der Waals surface area contributed by atoms with Gasteiger partial charge in [0.05, 0.1) is 5.75 Å². The van der Waals surface area contributed by atoms with Gasteiger partial charge in [0.2, 0.25) is 5.13 Å². The summed E-state index contributed by atoms with van der Waals surface area (Å²) in [7, 11) is 0. The van der Waals surface area contributed by atoms with Gasteiger partial charge in [-0.3, -0.25) is 4.79 Å². The summed E-state index contributed by atoms with van der Waals surface area (Å²) in [6.45, 7) is 3.07. The Balaban J connectivity index is 1.81. The minimum atomic E-state index is 0.117. The van der Waals surface area contributed by atoms with E-state index in [0.717, 1.165) is 34.4 Å². The van der Waals surface area contributed by atoms with Crippen LogP contribution < -0.4 is 5.32 Å². The van der Waals surface area contributed by atoms with Gasteiger partial charge in [-0.15, -0.1) is 10.2 Å². The first kappa shape index (κ1) is 15.0. The molecule has 0 saturated carbocycles. The lowest BCUT2D eigenvalue weighted by Gasteiger charge is -1.98. The Kier molecular flexibility index (Phi) is 6.01. The van der Waals surface area contributed by atoms with Crippen LogP contribution in [0.25, 0.3) is 0 Å². The molecule has 0 aliphatic rings. The van der Waals surface area contributed by atoms with E-state index in [2.05, 4.69) is 22.4 Å². The molecule has 20 heavy (non-hydrogen) atoms. The van der Waals surface area contributed by atoms with Crippen LogP contribution in [0.4, 0.5) is 5.13 Å². The quantitative estimate of drug-likeness (QED) is 0.457. The zero-order valence-corrected chi connectivity index (χ0v) is 13.0. The molecule has 1 aromatic heterocycles. The molecular weight excluding hydrogens is 290 g/mol. The molecule has 0 amide bonds. The highest BCUT2D eigenvalue weighted by molar-refractivity contribution is 8.01. The molecule has 0 aliphatic carbocycles. The van der Waals surface area contributed by atoms with Crippen molar-refractivity contribution in [3.8, 4) is 0 Å². The molecule has 6 heteroatoms. The Hall–Kier alpha value is -1.40. The largest absolute Gasteiger partial charge is 0.360 e. The number of unbranched alkanes of at least 4 members (excludes halogenated alkanes) is 1. The molecule has 2 aromatic rings. The first-order valence-electron chi connectivity index (χ1n) is 6.58. The van der Waals surface area contributed by atoms with Crippen molar-refractivity contribution < 1.29 is 4.79 Å². The maximum absolute atomic E-state index is 12.0. The van der Waals surface area contributed by atoms with E-state index in [9.17, 15) is 4.79 Å². The second-order valence-corrected chi connectivity index (χ2v) is 6.43. The highest BCUT2D eigenvalue weighted by Crippen LogP contribution is 2.26. The third kappa shape index (κ3) is 4.61. The van der Waals surface area contributed by atoms with Crippen LogP contribution in [0.2, 0.25) is 0 Å². The number of anilines is 1. The van der Waals surface area contributed by atoms with Crippen LogP contribution in [0.1, 0.15) is 30.1 Å². The lowest BCUT2D eigenvalue weighted by Crippen LogP contribution is -2.01. The molecule has 1 heterocycles. The van der Waals surface area contributed by atoms with Crippen molar-refractivity contribution >= 4 is 34.0 Å². The van der Waals surface area contributed by atoms with Gasteiger partial charge in [-0.2, -0.15) is 0 Å². The van der Waals surface area contributed by atoms with Gasteiger partial charge in [-0.05, 0) is 6.42 Å². The Morgan fingerprint density at radius 2 is 2.10 bits per heavy atom. The zero-order valence-electron chi connectivity index (χ0n) is 11.3. The minimum absolute atomic E-state index is 0.117. The summed E-state index contributed by atoms with van der Waals surface area (Å²) in [6, 6.07) is 9.32. The summed E-state index contributed by atoms with van der Waals surface area (Å²) in [5.41, 5.74) is 0.741.